The van der Waals surface area contributed by atoms with Crippen LogP contribution in [0.25, 0.3) is 10.9 Å². The molecule has 0 saturated carbocycles. The first kappa shape index (κ1) is 8.72. The van der Waals surface area contributed by atoms with Gasteiger partial charge in [0.25, 0.3) is 0 Å². The molecule has 76 valence electrons. The maximum atomic E-state index is 12.0. The van der Waals surface area contributed by atoms with E-state index in [2.05, 4.69) is 12.1 Å². The first-order valence-electron chi connectivity index (χ1n) is 5.30. The maximum absolute atomic E-state index is 12.0. The van der Waals surface area contributed by atoms with Gasteiger partial charge in [0.05, 0.1) is 5.69 Å². The Labute approximate surface area is 88.5 Å². The third kappa shape index (κ3) is 0.965. The smallest absolute Gasteiger partial charge is 0.182 e. The number of hydrogen-bond acceptors (Lipinski definition) is 1. The molecule has 0 amide bonds. The van der Waals surface area contributed by atoms with Gasteiger partial charge in [-0.15, -0.1) is 0 Å². The van der Waals surface area contributed by atoms with Crippen molar-refractivity contribution in [3.05, 3.63) is 35.5 Å². The molecule has 15 heavy (non-hydrogen) atoms. The van der Waals surface area contributed by atoms with Crippen molar-refractivity contribution in [2.75, 3.05) is 0 Å². The molecule has 0 aliphatic heterocycles. The molecule has 1 unspecified atom stereocenters. The summed E-state index contributed by atoms with van der Waals surface area (Å²) in [4.78, 5) is 12.0. The molecule has 1 aliphatic rings. The minimum absolute atomic E-state index is 0.158. The summed E-state index contributed by atoms with van der Waals surface area (Å²) in [5.41, 5.74) is 3.33. The number of para-hydroxylation sites is 1. The summed E-state index contributed by atoms with van der Waals surface area (Å²) in [6, 6.07) is 8.24. The van der Waals surface area contributed by atoms with Gasteiger partial charge in [-0.25, -0.2) is 0 Å². The quantitative estimate of drug-likeness (QED) is 0.639. The van der Waals surface area contributed by atoms with Crippen LogP contribution in [0.3, 0.4) is 0 Å². The van der Waals surface area contributed by atoms with Gasteiger partial charge in [-0.05, 0) is 18.1 Å². The van der Waals surface area contributed by atoms with E-state index in [4.69, 9.17) is 0 Å². The second-order valence-electron chi connectivity index (χ2n) is 4.37. The molecule has 0 fully saturated rings. The van der Waals surface area contributed by atoms with Crippen LogP contribution >= 0.6 is 0 Å². The number of aromatic nitrogens is 1. The largest absolute Gasteiger partial charge is 0.341 e. The molecule has 3 rings (SSSR count). The van der Waals surface area contributed by atoms with E-state index in [1.54, 1.807) is 0 Å². The average Bonchev–Trinajstić information content (AvgIpc) is 2.68. The number of carbonyl (C=O) groups is 1. The zero-order valence-corrected chi connectivity index (χ0v) is 8.95. The minimum Gasteiger partial charge on any atom is -0.341 e. The summed E-state index contributed by atoms with van der Waals surface area (Å²) in [7, 11) is 1.98. The van der Waals surface area contributed by atoms with Gasteiger partial charge in [-0.2, -0.15) is 0 Å². The topological polar surface area (TPSA) is 22.0 Å². The Kier molecular flexibility index (Phi) is 1.58. The standard InChI is InChI=1S/C13H13NO/c1-8-7-10-9-5-3-4-6-11(9)14(2)12(10)13(8)15/h3-6,8H,7H2,1-2H3. The first-order chi connectivity index (χ1) is 7.20. The lowest BCUT2D eigenvalue weighted by Gasteiger charge is -2.02. The van der Waals surface area contributed by atoms with Crippen molar-refractivity contribution < 1.29 is 4.79 Å². The number of aryl methyl sites for hydroxylation is 1. The predicted molar refractivity (Wildman–Crippen MR) is 60.1 cm³/mol. The molecular formula is C13H13NO. The number of benzene rings is 1. The zero-order chi connectivity index (χ0) is 10.6. The fourth-order valence-corrected chi connectivity index (χ4v) is 2.62. The van der Waals surface area contributed by atoms with Crippen molar-refractivity contribution in [3.8, 4) is 0 Å². The summed E-state index contributed by atoms with van der Waals surface area (Å²) < 4.78 is 2.04. The van der Waals surface area contributed by atoms with Gasteiger partial charge in [0.15, 0.2) is 5.78 Å². The Hall–Kier alpha value is -1.57. The van der Waals surface area contributed by atoms with E-state index in [0.29, 0.717) is 5.78 Å². The van der Waals surface area contributed by atoms with Crippen LogP contribution in [0, 0.1) is 5.92 Å². The third-order valence-corrected chi connectivity index (χ3v) is 3.40. The van der Waals surface area contributed by atoms with E-state index in [1.807, 2.05) is 30.7 Å². The summed E-state index contributed by atoms with van der Waals surface area (Å²) in [6.07, 6.45) is 0.898. The van der Waals surface area contributed by atoms with Gasteiger partial charge in [0.2, 0.25) is 0 Å². The third-order valence-electron chi connectivity index (χ3n) is 3.40. The molecule has 0 saturated heterocycles. The molecule has 1 heterocycles. The number of hydrogen-bond donors (Lipinski definition) is 0. The van der Waals surface area contributed by atoms with Gasteiger partial charge >= 0.3 is 0 Å². The van der Waals surface area contributed by atoms with Gasteiger partial charge in [0.1, 0.15) is 0 Å². The van der Waals surface area contributed by atoms with Crippen LogP contribution in [0.5, 0.6) is 0 Å². The van der Waals surface area contributed by atoms with Gasteiger partial charge in [-0.3, -0.25) is 4.79 Å². The van der Waals surface area contributed by atoms with Crippen molar-refractivity contribution >= 4 is 16.7 Å². The van der Waals surface area contributed by atoms with Gasteiger partial charge in [0, 0.05) is 23.9 Å². The lowest BCUT2D eigenvalue weighted by Crippen LogP contribution is -2.08. The van der Waals surface area contributed by atoms with Crippen LogP contribution in [0.2, 0.25) is 0 Å². The fourth-order valence-electron chi connectivity index (χ4n) is 2.62. The molecule has 2 nitrogen and oxygen atoms in total. The molecule has 1 aliphatic carbocycles. The maximum Gasteiger partial charge on any atom is 0.182 e. The number of ketones is 1. The fraction of sp³-hybridized carbons (Fsp3) is 0.308. The normalized spacial score (nSPS) is 19.9. The van der Waals surface area contributed by atoms with Crippen molar-refractivity contribution in [1.82, 2.24) is 4.57 Å². The monoisotopic (exact) mass is 199 g/mol. The number of Topliss-reactive ketones (excluding diaryl/α,β-unsaturated/α-hetero) is 1. The molecule has 0 N–H and O–H groups in total. The van der Waals surface area contributed by atoms with Crippen LogP contribution in [0.4, 0.5) is 0 Å². The average molecular weight is 199 g/mol. The van der Waals surface area contributed by atoms with E-state index in [0.717, 1.165) is 12.1 Å². The molecule has 2 heteroatoms. The molecular weight excluding hydrogens is 186 g/mol. The Morgan fingerprint density at radius 2 is 2.07 bits per heavy atom. The summed E-state index contributed by atoms with van der Waals surface area (Å²) in [6.45, 7) is 2.01. The molecule has 1 aromatic heterocycles. The van der Waals surface area contributed by atoms with E-state index in [-0.39, 0.29) is 5.92 Å². The Morgan fingerprint density at radius 1 is 1.33 bits per heavy atom. The van der Waals surface area contributed by atoms with E-state index < -0.39 is 0 Å². The molecule has 0 radical (unpaired) electrons. The lowest BCUT2D eigenvalue weighted by molar-refractivity contribution is 0.0939. The molecule has 1 aromatic carbocycles. The number of rotatable bonds is 0. The first-order valence-corrected chi connectivity index (χ1v) is 5.30. The number of carbonyl (C=O) groups excluding carboxylic acids is 1. The highest BCUT2D eigenvalue weighted by Crippen LogP contribution is 2.34. The number of nitrogens with zero attached hydrogens (tertiary/aromatic N) is 1. The predicted octanol–water partition coefficient (Wildman–Crippen LogP) is 2.55. The van der Waals surface area contributed by atoms with Crippen LogP contribution in [0.15, 0.2) is 24.3 Å². The van der Waals surface area contributed by atoms with Crippen molar-refractivity contribution in [1.29, 1.82) is 0 Å². The highest BCUT2D eigenvalue weighted by atomic mass is 16.1. The van der Waals surface area contributed by atoms with Crippen LogP contribution in [-0.2, 0) is 13.5 Å². The van der Waals surface area contributed by atoms with Crippen LogP contribution in [0.1, 0.15) is 23.0 Å². The van der Waals surface area contributed by atoms with Crippen molar-refractivity contribution in [2.45, 2.75) is 13.3 Å². The Bertz CT molecular complexity index is 565. The highest BCUT2D eigenvalue weighted by Gasteiger charge is 2.32. The van der Waals surface area contributed by atoms with Gasteiger partial charge in [-0.1, -0.05) is 25.1 Å². The van der Waals surface area contributed by atoms with Crippen LogP contribution < -0.4 is 0 Å². The highest BCUT2D eigenvalue weighted by molar-refractivity contribution is 6.07. The lowest BCUT2D eigenvalue weighted by atomic mass is 10.1. The molecule has 2 aromatic rings. The molecule has 1 atom stereocenters. The van der Waals surface area contributed by atoms with Gasteiger partial charge < -0.3 is 4.57 Å². The van der Waals surface area contributed by atoms with Crippen molar-refractivity contribution in [2.24, 2.45) is 13.0 Å². The Balaban J connectivity index is 2.43. The molecule has 0 spiro atoms. The van der Waals surface area contributed by atoms with E-state index >= 15 is 0 Å². The second kappa shape index (κ2) is 2.72. The summed E-state index contributed by atoms with van der Waals surface area (Å²) in [5.74, 6) is 0.453. The van der Waals surface area contributed by atoms with E-state index in [1.165, 1.54) is 16.5 Å². The minimum atomic E-state index is 0.158. The molecule has 0 bridgehead atoms. The SMILES string of the molecule is CC1Cc2c(n(C)c3ccccc23)C1=O. The Morgan fingerprint density at radius 3 is 2.87 bits per heavy atom. The van der Waals surface area contributed by atoms with E-state index in [9.17, 15) is 4.79 Å². The number of fused-ring (bicyclic) bond motifs is 3. The zero-order valence-electron chi connectivity index (χ0n) is 8.95. The van der Waals surface area contributed by atoms with Crippen molar-refractivity contribution in [3.63, 3.8) is 0 Å². The summed E-state index contributed by atoms with van der Waals surface area (Å²) in [5, 5.41) is 1.24. The second-order valence-corrected chi connectivity index (χ2v) is 4.37. The van der Waals surface area contributed by atoms with Crippen LogP contribution in [-0.4, -0.2) is 10.4 Å². The summed E-state index contributed by atoms with van der Waals surface area (Å²) >= 11 is 0.